The number of rotatable bonds is 9. The van der Waals surface area contributed by atoms with Crippen LogP contribution in [-0.4, -0.2) is 24.0 Å². The van der Waals surface area contributed by atoms with Gasteiger partial charge in [0.15, 0.2) is 0 Å². The minimum atomic E-state index is -0.0950. The average Bonchev–Trinajstić information content (AvgIpc) is 2.74. The van der Waals surface area contributed by atoms with Gasteiger partial charge in [0, 0.05) is 11.4 Å². The van der Waals surface area contributed by atoms with Crippen molar-refractivity contribution in [3.8, 4) is 0 Å². The lowest BCUT2D eigenvalue weighted by Crippen LogP contribution is -2.15. The van der Waals surface area contributed by atoms with E-state index in [1.165, 1.54) is 11.1 Å². The number of hydrogen-bond donors (Lipinski definition) is 1. The van der Waals surface area contributed by atoms with Gasteiger partial charge in [-0.2, -0.15) is 0 Å². The van der Waals surface area contributed by atoms with E-state index in [1.54, 1.807) is 11.8 Å². The number of hydrogen-bond acceptors (Lipinski definition) is 3. The van der Waals surface area contributed by atoms with Gasteiger partial charge in [-0.15, -0.1) is 11.8 Å². The van der Waals surface area contributed by atoms with E-state index in [-0.39, 0.29) is 12.0 Å². The Kier molecular flexibility index (Phi) is 7.91. The molecule has 150 valence electrons. The highest BCUT2D eigenvalue weighted by atomic mass is 32.2. The number of ether oxygens (including phenoxy) is 1. The predicted octanol–water partition coefficient (Wildman–Crippen LogP) is 5.78. The summed E-state index contributed by atoms with van der Waals surface area (Å²) in [5.41, 5.74) is 5.52. The maximum Gasteiger partial charge on any atom is 0.234 e. The largest absolute Gasteiger partial charge is 0.368 e. The molecule has 0 atom stereocenters. The lowest BCUT2D eigenvalue weighted by Gasteiger charge is -2.19. The van der Waals surface area contributed by atoms with Crippen LogP contribution in [0, 0.1) is 13.8 Å². The molecule has 3 aromatic rings. The molecule has 1 amide bonds. The Bertz CT molecular complexity index is 873. The van der Waals surface area contributed by atoms with Crippen LogP contribution in [0.3, 0.4) is 0 Å². The predicted molar refractivity (Wildman–Crippen MR) is 123 cm³/mol. The topological polar surface area (TPSA) is 38.3 Å². The van der Waals surface area contributed by atoms with E-state index in [2.05, 4.69) is 36.5 Å². The van der Waals surface area contributed by atoms with Crippen molar-refractivity contribution in [3.63, 3.8) is 0 Å². The first kappa shape index (κ1) is 21.2. The molecule has 4 heteroatoms. The number of nitrogens with one attached hydrogen (secondary N) is 1. The Morgan fingerprint density at radius 2 is 1.52 bits per heavy atom. The fraction of sp³-hybridized carbons (Fsp3) is 0.240. The Hall–Kier alpha value is -2.56. The number of thioether (sulfide) groups is 1. The molecule has 0 saturated carbocycles. The van der Waals surface area contributed by atoms with Gasteiger partial charge in [0.2, 0.25) is 5.91 Å². The average molecular weight is 406 g/mol. The third kappa shape index (κ3) is 6.48. The summed E-state index contributed by atoms with van der Waals surface area (Å²) in [6.45, 7) is 4.69. The van der Waals surface area contributed by atoms with Gasteiger partial charge in [-0.05, 0) is 48.2 Å². The van der Waals surface area contributed by atoms with Crippen molar-refractivity contribution >= 4 is 23.4 Å². The van der Waals surface area contributed by atoms with Crippen LogP contribution in [0.15, 0.2) is 78.9 Å². The summed E-state index contributed by atoms with van der Waals surface area (Å²) < 4.78 is 6.19. The summed E-state index contributed by atoms with van der Waals surface area (Å²) in [6.07, 6.45) is -0.0950. The third-order valence-electron chi connectivity index (χ3n) is 4.74. The van der Waals surface area contributed by atoms with Crippen molar-refractivity contribution in [3.05, 3.63) is 101 Å². The molecule has 1 N–H and O–H groups in total. The van der Waals surface area contributed by atoms with Gasteiger partial charge < -0.3 is 10.1 Å². The van der Waals surface area contributed by atoms with E-state index < -0.39 is 0 Å². The van der Waals surface area contributed by atoms with Gasteiger partial charge in [0.05, 0.1) is 12.4 Å². The Morgan fingerprint density at radius 1 is 0.897 bits per heavy atom. The number of amides is 1. The fourth-order valence-corrected chi connectivity index (χ4v) is 3.66. The van der Waals surface area contributed by atoms with Crippen LogP contribution < -0.4 is 5.32 Å². The summed E-state index contributed by atoms with van der Waals surface area (Å²) in [7, 11) is 0. The molecule has 3 rings (SSSR count). The monoisotopic (exact) mass is 405 g/mol. The van der Waals surface area contributed by atoms with Crippen molar-refractivity contribution in [1.82, 2.24) is 0 Å². The number of anilines is 1. The SMILES string of the molecule is Cc1ccc(NC(=O)CSCCOC(c2ccccc2)c2ccccc2)cc1C. The van der Waals surface area contributed by atoms with Crippen molar-refractivity contribution < 1.29 is 9.53 Å². The van der Waals surface area contributed by atoms with Crippen LogP contribution in [0.1, 0.15) is 28.4 Å². The van der Waals surface area contributed by atoms with Crippen molar-refractivity contribution in [2.75, 3.05) is 23.4 Å². The highest BCUT2D eigenvalue weighted by molar-refractivity contribution is 7.99. The van der Waals surface area contributed by atoms with Crippen molar-refractivity contribution in [1.29, 1.82) is 0 Å². The smallest absolute Gasteiger partial charge is 0.234 e. The Morgan fingerprint density at radius 3 is 2.10 bits per heavy atom. The molecule has 0 bridgehead atoms. The summed E-state index contributed by atoms with van der Waals surface area (Å²) in [5.74, 6) is 1.19. The molecular weight excluding hydrogens is 378 g/mol. The molecule has 0 aliphatic rings. The second-order valence-corrected chi connectivity index (χ2v) is 8.08. The summed E-state index contributed by atoms with van der Waals surface area (Å²) >= 11 is 1.58. The first-order valence-electron chi connectivity index (χ1n) is 9.80. The molecule has 3 nitrogen and oxygen atoms in total. The maximum absolute atomic E-state index is 12.2. The quantitative estimate of drug-likeness (QED) is 0.459. The van der Waals surface area contributed by atoms with Gasteiger partial charge >= 0.3 is 0 Å². The molecule has 29 heavy (non-hydrogen) atoms. The molecule has 0 unspecified atom stereocenters. The van der Waals surface area contributed by atoms with Crippen molar-refractivity contribution in [2.45, 2.75) is 20.0 Å². The van der Waals surface area contributed by atoms with Crippen LogP contribution in [0.5, 0.6) is 0 Å². The number of benzene rings is 3. The number of carbonyl (C=O) groups excluding carboxylic acids is 1. The van der Waals surface area contributed by atoms with Crippen LogP contribution in [0.25, 0.3) is 0 Å². The maximum atomic E-state index is 12.2. The summed E-state index contributed by atoms with van der Waals surface area (Å²) in [6, 6.07) is 26.4. The lowest BCUT2D eigenvalue weighted by atomic mass is 10.0. The zero-order valence-electron chi connectivity index (χ0n) is 16.9. The van der Waals surface area contributed by atoms with Gasteiger partial charge in [-0.3, -0.25) is 4.79 Å². The van der Waals surface area contributed by atoms with Gasteiger partial charge in [-0.25, -0.2) is 0 Å². The molecule has 0 aromatic heterocycles. The van der Waals surface area contributed by atoms with Crippen molar-refractivity contribution in [2.24, 2.45) is 0 Å². The molecule has 0 heterocycles. The normalized spacial score (nSPS) is 10.9. The van der Waals surface area contributed by atoms with E-state index in [0.29, 0.717) is 12.4 Å². The molecule has 0 aliphatic heterocycles. The van der Waals surface area contributed by atoms with Crippen LogP contribution in [-0.2, 0) is 9.53 Å². The van der Waals surface area contributed by atoms with E-state index in [1.807, 2.05) is 61.5 Å². The minimum Gasteiger partial charge on any atom is -0.368 e. The first-order valence-corrected chi connectivity index (χ1v) is 11.0. The summed E-state index contributed by atoms with van der Waals surface area (Å²) in [5, 5.41) is 2.96. The van der Waals surface area contributed by atoms with E-state index in [4.69, 9.17) is 4.74 Å². The molecule has 0 fully saturated rings. The molecule has 0 saturated heterocycles. The van der Waals surface area contributed by atoms with Crippen LogP contribution in [0.4, 0.5) is 5.69 Å². The van der Waals surface area contributed by atoms with Gasteiger partial charge in [0.1, 0.15) is 6.10 Å². The second-order valence-electron chi connectivity index (χ2n) is 6.97. The van der Waals surface area contributed by atoms with Crippen LogP contribution in [0.2, 0.25) is 0 Å². The Balaban J connectivity index is 1.46. The molecule has 3 aromatic carbocycles. The highest BCUT2D eigenvalue weighted by Gasteiger charge is 2.14. The molecule has 0 radical (unpaired) electrons. The second kappa shape index (κ2) is 10.8. The van der Waals surface area contributed by atoms with E-state index in [9.17, 15) is 4.79 Å². The Labute approximate surface area is 177 Å². The number of aryl methyl sites for hydroxylation is 2. The first-order chi connectivity index (χ1) is 14.1. The molecule has 0 spiro atoms. The van der Waals surface area contributed by atoms with E-state index in [0.717, 1.165) is 22.6 Å². The van der Waals surface area contributed by atoms with Gasteiger partial charge in [-0.1, -0.05) is 66.7 Å². The zero-order valence-corrected chi connectivity index (χ0v) is 17.7. The molecular formula is C25H27NO2S. The summed E-state index contributed by atoms with van der Waals surface area (Å²) in [4.78, 5) is 12.2. The van der Waals surface area contributed by atoms with Crippen LogP contribution >= 0.6 is 11.8 Å². The van der Waals surface area contributed by atoms with Gasteiger partial charge in [0.25, 0.3) is 0 Å². The van der Waals surface area contributed by atoms with E-state index >= 15 is 0 Å². The molecule has 0 aliphatic carbocycles. The highest BCUT2D eigenvalue weighted by Crippen LogP contribution is 2.26. The number of carbonyl (C=O) groups is 1. The zero-order chi connectivity index (χ0) is 20.5. The fourth-order valence-electron chi connectivity index (χ4n) is 3.05. The standard InChI is InChI=1S/C25H27NO2S/c1-19-13-14-23(17-20(19)2)26-24(27)18-29-16-15-28-25(21-9-5-3-6-10-21)22-11-7-4-8-12-22/h3-14,17,25H,15-16,18H2,1-2H3,(H,26,27). The lowest BCUT2D eigenvalue weighted by molar-refractivity contribution is -0.113. The minimum absolute atomic E-state index is 0.0147. The third-order valence-corrected chi connectivity index (χ3v) is 5.66.